The number of rotatable bonds is 2. The number of esters is 1. The molecule has 0 spiro atoms. The van der Waals surface area contributed by atoms with Crippen molar-refractivity contribution in [1.29, 1.82) is 0 Å². The molecule has 1 N–H and O–H groups in total. The SMILES string of the molecule is O=C1CC(c2coc3ccccc3c2=O)c2c(cc(O)c3c(=O)c(-c4ccc(Cl)cc4)coc23)O1. The van der Waals surface area contributed by atoms with Crippen molar-refractivity contribution >= 4 is 39.5 Å². The average molecular weight is 487 g/mol. The predicted octanol–water partition coefficient (Wildman–Crippen LogP) is 5.37. The summed E-state index contributed by atoms with van der Waals surface area (Å²) in [5.41, 5.74) is 0.980. The molecule has 0 aliphatic carbocycles. The monoisotopic (exact) mass is 486 g/mol. The first-order valence-electron chi connectivity index (χ1n) is 10.7. The van der Waals surface area contributed by atoms with E-state index in [-0.39, 0.29) is 39.7 Å². The molecule has 7 nitrogen and oxygen atoms in total. The van der Waals surface area contributed by atoms with Gasteiger partial charge in [0, 0.05) is 28.1 Å². The molecule has 3 aromatic carbocycles. The lowest BCUT2D eigenvalue weighted by Crippen LogP contribution is -2.25. The van der Waals surface area contributed by atoms with Crippen LogP contribution in [-0.2, 0) is 4.79 Å². The summed E-state index contributed by atoms with van der Waals surface area (Å²) in [6, 6.07) is 14.6. The summed E-state index contributed by atoms with van der Waals surface area (Å²) >= 11 is 5.96. The van der Waals surface area contributed by atoms with Crippen molar-refractivity contribution in [1.82, 2.24) is 0 Å². The van der Waals surface area contributed by atoms with E-state index in [0.717, 1.165) is 0 Å². The van der Waals surface area contributed by atoms with E-state index in [1.54, 1.807) is 48.5 Å². The summed E-state index contributed by atoms with van der Waals surface area (Å²) < 4.78 is 16.9. The van der Waals surface area contributed by atoms with Crippen LogP contribution >= 0.6 is 11.6 Å². The number of halogens is 1. The Labute approximate surface area is 201 Å². The Hall–Kier alpha value is -4.36. The van der Waals surface area contributed by atoms with Crippen LogP contribution in [0.1, 0.15) is 23.5 Å². The third-order valence-electron chi connectivity index (χ3n) is 6.21. The van der Waals surface area contributed by atoms with Crippen LogP contribution in [0.25, 0.3) is 33.1 Å². The van der Waals surface area contributed by atoms with Gasteiger partial charge >= 0.3 is 5.97 Å². The highest BCUT2D eigenvalue weighted by atomic mass is 35.5. The second kappa shape index (κ2) is 7.85. The molecule has 5 aromatic rings. The molecule has 0 radical (unpaired) electrons. The molecule has 3 heterocycles. The number of hydrogen-bond donors (Lipinski definition) is 1. The lowest BCUT2D eigenvalue weighted by molar-refractivity contribution is -0.135. The van der Waals surface area contributed by atoms with Gasteiger partial charge in [0.25, 0.3) is 0 Å². The van der Waals surface area contributed by atoms with E-state index in [4.69, 9.17) is 25.2 Å². The Balaban J connectivity index is 1.63. The molecule has 1 unspecified atom stereocenters. The van der Waals surface area contributed by atoms with Crippen LogP contribution in [0.2, 0.25) is 5.02 Å². The number of phenolic OH excluding ortho intramolecular Hbond substituents is 1. The van der Waals surface area contributed by atoms with E-state index >= 15 is 0 Å². The Morgan fingerprint density at radius 3 is 2.49 bits per heavy atom. The zero-order valence-electron chi connectivity index (χ0n) is 17.9. The van der Waals surface area contributed by atoms with E-state index in [2.05, 4.69) is 0 Å². The Morgan fingerprint density at radius 1 is 0.914 bits per heavy atom. The second-order valence-electron chi connectivity index (χ2n) is 8.24. The minimum atomic E-state index is -0.806. The molecule has 6 rings (SSSR count). The number of carbonyl (C=O) groups excluding carboxylic acids is 1. The normalized spacial score (nSPS) is 15.2. The fourth-order valence-electron chi connectivity index (χ4n) is 4.56. The first-order valence-corrected chi connectivity index (χ1v) is 11.1. The van der Waals surface area contributed by atoms with E-state index in [1.807, 2.05) is 0 Å². The fraction of sp³-hybridized carbons (Fsp3) is 0.0741. The molecule has 1 atom stereocenters. The molecule has 172 valence electrons. The van der Waals surface area contributed by atoms with Gasteiger partial charge in [-0.1, -0.05) is 35.9 Å². The molecule has 2 aromatic heterocycles. The van der Waals surface area contributed by atoms with Crippen LogP contribution in [0.4, 0.5) is 0 Å². The highest BCUT2D eigenvalue weighted by molar-refractivity contribution is 6.30. The highest BCUT2D eigenvalue weighted by Crippen LogP contribution is 2.45. The minimum Gasteiger partial charge on any atom is -0.507 e. The number of para-hydroxylation sites is 1. The van der Waals surface area contributed by atoms with Gasteiger partial charge in [0.2, 0.25) is 5.43 Å². The molecule has 0 fully saturated rings. The summed E-state index contributed by atoms with van der Waals surface area (Å²) in [6.07, 6.45) is 2.43. The third-order valence-corrected chi connectivity index (χ3v) is 6.46. The van der Waals surface area contributed by atoms with Crippen molar-refractivity contribution in [3.63, 3.8) is 0 Å². The van der Waals surface area contributed by atoms with Crippen molar-refractivity contribution in [2.45, 2.75) is 12.3 Å². The van der Waals surface area contributed by atoms with Crippen molar-refractivity contribution in [2.75, 3.05) is 0 Å². The zero-order valence-corrected chi connectivity index (χ0v) is 18.7. The summed E-state index contributed by atoms with van der Waals surface area (Å²) in [7, 11) is 0. The first kappa shape index (κ1) is 21.2. The van der Waals surface area contributed by atoms with Crippen LogP contribution in [0, 0.1) is 0 Å². The first-order chi connectivity index (χ1) is 16.9. The number of benzene rings is 3. The maximum absolute atomic E-state index is 13.4. The molecule has 1 aliphatic rings. The van der Waals surface area contributed by atoms with Crippen LogP contribution in [0.5, 0.6) is 11.5 Å². The quantitative estimate of drug-likeness (QED) is 0.264. The van der Waals surface area contributed by atoms with Gasteiger partial charge in [0.15, 0.2) is 5.43 Å². The van der Waals surface area contributed by atoms with E-state index in [1.165, 1.54) is 18.6 Å². The summed E-state index contributed by atoms with van der Waals surface area (Å²) in [5.74, 6) is -1.78. The lowest BCUT2D eigenvalue weighted by Gasteiger charge is -2.25. The Kier molecular flexibility index (Phi) is 4.76. The zero-order chi connectivity index (χ0) is 24.3. The summed E-state index contributed by atoms with van der Waals surface area (Å²) in [5, 5.41) is 11.5. The summed E-state index contributed by atoms with van der Waals surface area (Å²) in [6.45, 7) is 0. The van der Waals surface area contributed by atoms with E-state index in [9.17, 15) is 19.5 Å². The summed E-state index contributed by atoms with van der Waals surface area (Å²) in [4.78, 5) is 39.2. The van der Waals surface area contributed by atoms with Crippen molar-refractivity contribution in [3.05, 3.63) is 104 Å². The van der Waals surface area contributed by atoms with Crippen molar-refractivity contribution < 1.29 is 23.5 Å². The Morgan fingerprint density at radius 2 is 1.69 bits per heavy atom. The van der Waals surface area contributed by atoms with Gasteiger partial charge < -0.3 is 18.7 Å². The van der Waals surface area contributed by atoms with Crippen LogP contribution < -0.4 is 15.6 Å². The molecule has 0 amide bonds. The van der Waals surface area contributed by atoms with Gasteiger partial charge in [-0.2, -0.15) is 0 Å². The molecular formula is C27H15ClO7. The number of aromatic hydroxyl groups is 1. The minimum absolute atomic E-state index is 0.0196. The Bertz CT molecular complexity index is 1780. The van der Waals surface area contributed by atoms with Crippen LogP contribution in [-0.4, -0.2) is 11.1 Å². The van der Waals surface area contributed by atoms with Gasteiger partial charge in [-0.15, -0.1) is 0 Å². The largest absolute Gasteiger partial charge is 0.507 e. The van der Waals surface area contributed by atoms with Gasteiger partial charge in [0.05, 0.1) is 23.6 Å². The fourth-order valence-corrected chi connectivity index (χ4v) is 4.69. The van der Waals surface area contributed by atoms with Crippen LogP contribution in [0.15, 0.2) is 85.5 Å². The molecule has 8 heteroatoms. The molecular weight excluding hydrogens is 472 g/mol. The number of fused-ring (bicyclic) bond motifs is 4. The molecule has 0 bridgehead atoms. The van der Waals surface area contributed by atoms with Gasteiger partial charge in [-0.25, -0.2) is 0 Å². The number of hydrogen-bond acceptors (Lipinski definition) is 7. The van der Waals surface area contributed by atoms with Gasteiger partial charge in [-0.05, 0) is 29.8 Å². The highest BCUT2D eigenvalue weighted by Gasteiger charge is 2.35. The number of phenols is 1. The van der Waals surface area contributed by atoms with Gasteiger partial charge in [0.1, 0.15) is 34.3 Å². The van der Waals surface area contributed by atoms with Crippen molar-refractivity contribution in [2.24, 2.45) is 0 Å². The standard InChI is InChI=1S/C27H15ClO7/c28-14-7-5-13(6-8-14)17-11-34-27-23-16(18-12-33-20-4-2-1-3-15(20)25(18)31)9-22(30)35-21(23)10-19(29)24(27)26(17)32/h1-8,10-12,16,29H,9H2. The van der Waals surface area contributed by atoms with Gasteiger partial charge in [-0.3, -0.25) is 14.4 Å². The third kappa shape index (κ3) is 3.32. The lowest BCUT2D eigenvalue weighted by atomic mass is 9.85. The topological polar surface area (TPSA) is 107 Å². The maximum Gasteiger partial charge on any atom is 0.312 e. The molecule has 0 saturated carbocycles. The smallest absolute Gasteiger partial charge is 0.312 e. The maximum atomic E-state index is 13.4. The number of carbonyl (C=O) groups is 1. The van der Waals surface area contributed by atoms with E-state index in [0.29, 0.717) is 27.1 Å². The molecule has 1 aliphatic heterocycles. The predicted molar refractivity (Wildman–Crippen MR) is 129 cm³/mol. The molecule has 35 heavy (non-hydrogen) atoms. The molecule has 0 saturated heterocycles. The number of ether oxygens (including phenoxy) is 1. The van der Waals surface area contributed by atoms with E-state index < -0.39 is 23.1 Å². The average Bonchev–Trinajstić information content (AvgIpc) is 2.84. The second-order valence-corrected chi connectivity index (χ2v) is 8.68. The van der Waals surface area contributed by atoms with Crippen LogP contribution in [0.3, 0.4) is 0 Å². The van der Waals surface area contributed by atoms with Crippen molar-refractivity contribution in [3.8, 4) is 22.6 Å².